The van der Waals surface area contributed by atoms with E-state index in [-0.39, 0.29) is 12.3 Å². The quantitative estimate of drug-likeness (QED) is 0.847. The molecule has 0 aliphatic rings. The third-order valence-electron chi connectivity index (χ3n) is 2.54. The Labute approximate surface area is 109 Å². The third-order valence-corrected chi connectivity index (χ3v) is 3.13. The molecule has 0 amide bonds. The van der Waals surface area contributed by atoms with Gasteiger partial charge in [-0.3, -0.25) is 4.79 Å². The molecule has 0 bridgehead atoms. The van der Waals surface area contributed by atoms with E-state index in [0.29, 0.717) is 28.0 Å². The maximum atomic E-state index is 11.8. The van der Waals surface area contributed by atoms with Crippen LogP contribution in [0.3, 0.4) is 0 Å². The first-order valence-corrected chi connectivity index (χ1v) is 6.06. The van der Waals surface area contributed by atoms with Crippen LogP contribution in [0.5, 0.6) is 11.5 Å². The van der Waals surface area contributed by atoms with Crippen molar-refractivity contribution in [3.8, 4) is 11.5 Å². The van der Waals surface area contributed by atoms with Gasteiger partial charge in [0.05, 0.1) is 25.2 Å². The second kappa shape index (κ2) is 6.02. The highest BCUT2D eigenvalue weighted by molar-refractivity contribution is 9.10. The molecule has 1 aromatic carbocycles. The first-order chi connectivity index (χ1) is 8.10. The summed E-state index contributed by atoms with van der Waals surface area (Å²) in [6.45, 7) is 1.94. The van der Waals surface area contributed by atoms with Gasteiger partial charge in [0.1, 0.15) is 0 Å². The zero-order valence-corrected chi connectivity index (χ0v) is 11.8. The summed E-state index contributed by atoms with van der Waals surface area (Å²) in [5.74, 6) is 1.07. The minimum atomic E-state index is -0.108. The number of ether oxygens (including phenoxy) is 2. The van der Waals surface area contributed by atoms with Crippen LogP contribution in [0.1, 0.15) is 22.8 Å². The molecule has 0 saturated heterocycles. The molecular formula is C12H16BrNO3. The molecular weight excluding hydrogens is 286 g/mol. The fraction of sp³-hybridized carbons (Fsp3) is 0.417. The summed E-state index contributed by atoms with van der Waals surface area (Å²) in [5, 5.41) is 0. The number of hydrogen-bond acceptors (Lipinski definition) is 4. The SMILES string of the molecule is CCc1c(C(=O)CN)cc(Br)c(OC)c1OC. The number of carbonyl (C=O) groups is 1. The van der Waals surface area contributed by atoms with Gasteiger partial charge in [-0.25, -0.2) is 0 Å². The first-order valence-electron chi connectivity index (χ1n) is 5.27. The molecule has 0 spiro atoms. The molecule has 0 fully saturated rings. The van der Waals surface area contributed by atoms with E-state index in [1.54, 1.807) is 20.3 Å². The van der Waals surface area contributed by atoms with Crippen molar-refractivity contribution in [2.45, 2.75) is 13.3 Å². The maximum Gasteiger partial charge on any atom is 0.176 e. The number of nitrogens with two attached hydrogens (primary N) is 1. The van der Waals surface area contributed by atoms with Crippen molar-refractivity contribution in [2.75, 3.05) is 20.8 Å². The molecule has 0 heterocycles. The summed E-state index contributed by atoms with van der Waals surface area (Å²) in [6.07, 6.45) is 0.674. The molecule has 94 valence electrons. The summed E-state index contributed by atoms with van der Waals surface area (Å²) in [4.78, 5) is 11.8. The Hall–Kier alpha value is -1.07. The van der Waals surface area contributed by atoms with Crippen LogP contribution in [0.15, 0.2) is 10.5 Å². The zero-order chi connectivity index (χ0) is 13.0. The lowest BCUT2D eigenvalue weighted by Crippen LogP contribution is -2.16. The molecule has 1 rings (SSSR count). The van der Waals surface area contributed by atoms with Crippen molar-refractivity contribution in [1.29, 1.82) is 0 Å². The average Bonchev–Trinajstić information content (AvgIpc) is 2.36. The van der Waals surface area contributed by atoms with Crippen LogP contribution in [0, 0.1) is 0 Å². The van der Waals surface area contributed by atoms with E-state index < -0.39 is 0 Å². The molecule has 0 saturated carbocycles. The summed E-state index contributed by atoms with van der Waals surface area (Å²) in [7, 11) is 3.12. The van der Waals surface area contributed by atoms with Gasteiger partial charge in [0.25, 0.3) is 0 Å². The predicted octanol–water partition coefficient (Wildman–Crippen LogP) is 2.17. The molecule has 0 aliphatic carbocycles. The van der Waals surface area contributed by atoms with Crippen LogP contribution in [-0.4, -0.2) is 26.5 Å². The molecule has 0 aromatic heterocycles. The number of benzene rings is 1. The normalized spacial score (nSPS) is 10.2. The van der Waals surface area contributed by atoms with Crippen LogP contribution in [-0.2, 0) is 6.42 Å². The van der Waals surface area contributed by atoms with Crippen LogP contribution in [0.4, 0.5) is 0 Å². The van der Waals surface area contributed by atoms with Crippen molar-refractivity contribution in [3.63, 3.8) is 0 Å². The van der Waals surface area contributed by atoms with Crippen LogP contribution >= 0.6 is 15.9 Å². The van der Waals surface area contributed by atoms with E-state index in [1.807, 2.05) is 6.92 Å². The lowest BCUT2D eigenvalue weighted by molar-refractivity contribution is 0.1000. The number of halogens is 1. The Morgan fingerprint density at radius 3 is 2.35 bits per heavy atom. The Morgan fingerprint density at radius 1 is 1.35 bits per heavy atom. The van der Waals surface area contributed by atoms with Crippen LogP contribution in [0.2, 0.25) is 0 Å². The van der Waals surface area contributed by atoms with E-state index in [9.17, 15) is 4.79 Å². The number of hydrogen-bond donors (Lipinski definition) is 1. The topological polar surface area (TPSA) is 61.6 Å². The van der Waals surface area contributed by atoms with E-state index in [2.05, 4.69) is 15.9 Å². The summed E-state index contributed by atoms with van der Waals surface area (Å²) < 4.78 is 11.3. The summed E-state index contributed by atoms with van der Waals surface area (Å²) in [5.41, 5.74) is 6.81. The van der Waals surface area contributed by atoms with Gasteiger partial charge in [0, 0.05) is 11.1 Å². The Balaban J connectivity index is 3.53. The van der Waals surface area contributed by atoms with Gasteiger partial charge in [-0.05, 0) is 28.4 Å². The zero-order valence-electron chi connectivity index (χ0n) is 10.2. The summed E-state index contributed by atoms with van der Waals surface area (Å²) >= 11 is 3.36. The lowest BCUT2D eigenvalue weighted by Gasteiger charge is -2.16. The number of Topliss-reactive ketones (excluding diaryl/α,β-unsaturated/α-hetero) is 1. The number of ketones is 1. The Bertz CT molecular complexity index is 432. The summed E-state index contributed by atoms with van der Waals surface area (Å²) in [6, 6.07) is 1.73. The largest absolute Gasteiger partial charge is 0.493 e. The van der Waals surface area contributed by atoms with Gasteiger partial charge in [0.2, 0.25) is 0 Å². The van der Waals surface area contributed by atoms with E-state index in [4.69, 9.17) is 15.2 Å². The van der Waals surface area contributed by atoms with Crippen molar-refractivity contribution in [2.24, 2.45) is 5.73 Å². The predicted molar refractivity (Wildman–Crippen MR) is 70.0 cm³/mol. The van der Waals surface area contributed by atoms with Crippen molar-refractivity contribution in [1.82, 2.24) is 0 Å². The van der Waals surface area contributed by atoms with Gasteiger partial charge < -0.3 is 15.2 Å². The molecule has 1 aromatic rings. The molecule has 2 N–H and O–H groups in total. The molecule has 17 heavy (non-hydrogen) atoms. The molecule has 0 radical (unpaired) electrons. The van der Waals surface area contributed by atoms with Gasteiger partial charge in [-0.1, -0.05) is 6.92 Å². The van der Waals surface area contributed by atoms with Crippen LogP contribution < -0.4 is 15.2 Å². The highest BCUT2D eigenvalue weighted by Gasteiger charge is 2.20. The number of rotatable bonds is 5. The minimum absolute atomic E-state index is 0.0189. The molecule has 5 heteroatoms. The third kappa shape index (κ3) is 2.61. The fourth-order valence-electron chi connectivity index (χ4n) is 1.76. The second-order valence-corrected chi connectivity index (χ2v) is 4.29. The minimum Gasteiger partial charge on any atom is -0.493 e. The smallest absolute Gasteiger partial charge is 0.176 e. The number of methoxy groups -OCH3 is 2. The highest BCUT2D eigenvalue weighted by atomic mass is 79.9. The van der Waals surface area contributed by atoms with E-state index >= 15 is 0 Å². The van der Waals surface area contributed by atoms with Crippen molar-refractivity contribution >= 4 is 21.7 Å². The van der Waals surface area contributed by atoms with Gasteiger partial charge in [-0.15, -0.1) is 0 Å². The van der Waals surface area contributed by atoms with Gasteiger partial charge in [-0.2, -0.15) is 0 Å². The molecule has 0 unspecified atom stereocenters. The van der Waals surface area contributed by atoms with E-state index in [1.165, 1.54) is 0 Å². The molecule has 4 nitrogen and oxygen atoms in total. The van der Waals surface area contributed by atoms with Gasteiger partial charge in [0.15, 0.2) is 17.3 Å². The lowest BCUT2D eigenvalue weighted by atomic mass is 9.99. The van der Waals surface area contributed by atoms with Crippen LogP contribution in [0.25, 0.3) is 0 Å². The standard InChI is InChI=1S/C12H16BrNO3/c1-4-7-8(10(15)6-14)5-9(13)12(17-3)11(7)16-2/h5H,4,6,14H2,1-3H3. The highest BCUT2D eigenvalue weighted by Crippen LogP contribution is 2.40. The Morgan fingerprint density at radius 2 is 1.94 bits per heavy atom. The second-order valence-electron chi connectivity index (χ2n) is 3.43. The van der Waals surface area contributed by atoms with E-state index in [0.717, 1.165) is 5.56 Å². The Kier molecular flexibility index (Phi) is 4.96. The number of carbonyl (C=O) groups excluding carboxylic acids is 1. The maximum absolute atomic E-state index is 11.8. The molecule has 0 atom stereocenters. The van der Waals surface area contributed by atoms with Gasteiger partial charge >= 0.3 is 0 Å². The van der Waals surface area contributed by atoms with Crippen molar-refractivity contribution < 1.29 is 14.3 Å². The van der Waals surface area contributed by atoms with Crippen molar-refractivity contribution in [3.05, 3.63) is 21.7 Å². The first kappa shape index (κ1) is 14.0. The molecule has 0 aliphatic heterocycles. The monoisotopic (exact) mass is 301 g/mol. The average molecular weight is 302 g/mol. The fourth-order valence-corrected chi connectivity index (χ4v) is 2.33.